The maximum atomic E-state index is 5.58. The van der Waals surface area contributed by atoms with Crippen molar-refractivity contribution in [3.05, 3.63) is 23.9 Å². The molecule has 3 heterocycles. The first-order valence-corrected chi connectivity index (χ1v) is 12.3. The number of nitrogens with one attached hydrogen (secondary N) is 2. The number of aromatic nitrogens is 1. The second kappa shape index (κ2) is 15.0. The highest BCUT2D eigenvalue weighted by atomic mass is 127. The van der Waals surface area contributed by atoms with Crippen molar-refractivity contribution in [2.45, 2.75) is 39.3 Å². The molecule has 188 valence electrons. The number of aliphatic imine (C=N–C) groups is 1. The molecule has 0 radical (unpaired) electrons. The zero-order chi connectivity index (χ0) is 22.8. The van der Waals surface area contributed by atoms with Gasteiger partial charge in [-0.1, -0.05) is 26.7 Å². The van der Waals surface area contributed by atoms with Crippen LogP contribution in [0.1, 0.15) is 32.3 Å². The van der Waals surface area contributed by atoms with Gasteiger partial charge in [0.05, 0.1) is 13.2 Å². The first kappa shape index (κ1) is 28.1. The van der Waals surface area contributed by atoms with E-state index in [0.29, 0.717) is 12.0 Å². The number of hydrogen-bond donors (Lipinski definition) is 2. The standard InChI is InChI=1S/C24H43N7O.HI/c1-5-21(6-2)22(30-13-15-32-16-14-30)19-28-24(25-3)27-18-20-7-8-26-23(17-20)31-11-9-29(4)10-12-31;/h7-8,17,21-22H,5-6,9-16,18-19H2,1-4H3,(H2,25,27,28);1H. The number of ether oxygens (including phenoxy) is 1. The first-order valence-electron chi connectivity index (χ1n) is 12.3. The Kier molecular flexibility index (Phi) is 12.7. The Morgan fingerprint density at radius 2 is 1.79 bits per heavy atom. The molecular formula is C24H44IN7O. The van der Waals surface area contributed by atoms with E-state index < -0.39 is 0 Å². The highest BCUT2D eigenvalue weighted by Crippen LogP contribution is 2.19. The van der Waals surface area contributed by atoms with Crippen molar-refractivity contribution in [2.24, 2.45) is 10.9 Å². The lowest BCUT2D eigenvalue weighted by Crippen LogP contribution is -2.53. The maximum Gasteiger partial charge on any atom is 0.191 e. The van der Waals surface area contributed by atoms with Crippen molar-refractivity contribution in [1.82, 2.24) is 25.4 Å². The Morgan fingerprint density at radius 1 is 1.09 bits per heavy atom. The van der Waals surface area contributed by atoms with Gasteiger partial charge in [-0.2, -0.15) is 0 Å². The lowest BCUT2D eigenvalue weighted by molar-refractivity contribution is 0.00272. The second-order valence-electron chi connectivity index (χ2n) is 8.91. The van der Waals surface area contributed by atoms with Crippen LogP contribution in [0.4, 0.5) is 5.82 Å². The van der Waals surface area contributed by atoms with Gasteiger partial charge in [0.15, 0.2) is 5.96 Å². The molecule has 1 aromatic rings. The van der Waals surface area contributed by atoms with E-state index in [-0.39, 0.29) is 24.0 Å². The van der Waals surface area contributed by atoms with Crippen molar-refractivity contribution in [3.63, 3.8) is 0 Å². The van der Waals surface area contributed by atoms with Crippen molar-refractivity contribution in [2.75, 3.05) is 78.0 Å². The second-order valence-corrected chi connectivity index (χ2v) is 8.91. The maximum absolute atomic E-state index is 5.58. The third-order valence-electron chi connectivity index (χ3n) is 6.91. The summed E-state index contributed by atoms with van der Waals surface area (Å²) in [5, 5.41) is 7.09. The molecule has 3 rings (SSSR count). The molecule has 0 amide bonds. The minimum atomic E-state index is 0. The number of hydrogen-bond acceptors (Lipinski definition) is 6. The molecule has 1 unspecified atom stereocenters. The Hall–Kier alpha value is -1.17. The van der Waals surface area contributed by atoms with E-state index in [1.54, 1.807) is 0 Å². The van der Waals surface area contributed by atoms with Gasteiger partial charge in [-0.25, -0.2) is 4.98 Å². The van der Waals surface area contributed by atoms with Gasteiger partial charge < -0.3 is 25.2 Å². The Balaban J connectivity index is 0.00000385. The molecule has 2 aliphatic heterocycles. The van der Waals surface area contributed by atoms with E-state index in [2.05, 4.69) is 68.3 Å². The topological polar surface area (TPSA) is 68.3 Å². The summed E-state index contributed by atoms with van der Waals surface area (Å²) >= 11 is 0. The number of morpholine rings is 1. The van der Waals surface area contributed by atoms with Crippen LogP contribution >= 0.6 is 24.0 Å². The van der Waals surface area contributed by atoms with Gasteiger partial charge in [-0.3, -0.25) is 9.89 Å². The van der Waals surface area contributed by atoms with Crippen LogP contribution in [-0.2, 0) is 11.3 Å². The summed E-state index contributed by atoms with van der Waals surface area (Å²) in [5.41, 5.74) is 1.22. The quantitative estimate of drug-likeness (QED) is 0.267. The highest BCUT2D eigenvalue weighted by molar-refractivity contribution is 14.0. The average molecular weight is 574 g/mol. The van der Waals surface area contributed by atoms with Crippen molar-refractivity contribution in [1.29, 1.82) is 0 Å². The van der Waals surface area contributed by atoms with Crippen LogP contribution < -0.4 is 15.5 Å². The molecule has 8 nitrogen and oxygen atoms in total. The zero-order valence-electron chi connectivity index (χ0n) is 20.9. The van der Waals surface area contributed by atoms with Crippen LogP contribution in [0.5, 0.6) is 0 Å². The fraction of sp³-hybridized carbons (Fsp3) is 0.750. The molecule has 0 aromatic carbocycles. The van der Waals surface area contributed by atoms with Crippen LogP contribution in [0.25, 0.3) is 0 Å². The molecule has 2 saturated heterocycles. The SMILES string of the molecule is CCC(CC)C(CNC(=NC)NCc1ccnc(N2CCN(C)CC2)c1)N1CCOCC1.I. The van der Waals surface area contributed by atoms with Gasteiger partial charge >= 0.3 is 0 Å². The van der Waals surface area contributed by atoms with Crippen LogP contribution in [0.3, 0.4) is 0 Å². The Morgan fingerprint density at radius 3 is 2.42 bits per heavy atom. The van der Waals surface area contributed by atoms with Crippen LogP contribution in [-0.4, -0.2) is 99.9 Å². The lowest BCUT2D eigenvalue weighted by atomic mass is 9.92. The van der Waals surface area contributed by atoms with E-state index in [1.807, 2.05) is 13.2 Å². The lowest BCUT2D eigenvalue weighted by Gasteiger charge is -2.39. The summed E-state index contributed by atoms with van der Waals surface area (Å²) in [7, 11) is 4.02. The molecule has 1 atom stereocenters. The van der Waals surface area contributed by atoms with Crippen molar-refractivity contribution < 1.29 is 4.74 Å². The minimum absolute atomic E-state index is 0. The highest BCUT2D eigenvalue weighted by Gasteiger charge is 2.27. The van der Waals surface area contributed by atoms with Gasteiger partial charge in [0.25, 0.3) is 0 Å². The summed E-state index contributed by atoms with van der Waals surface area (Å²) in [6.45, 7) is 14.2. The molecule has 0 aliphatic carbocycles. The normalized spacial score (nSPS) is 19.3. The predicted octanol–water partition coefficient (Wildman–Crippen LogP) is 2.25. The fourth-order valence-corrected chi connectivity index (χ4v) is 4.72. The summed E-state index contributed by atoms with van der Waals surface area (Å²) in [6, 6.07) is 4.78. The van der Waals surface area contributed by atoms with E-state index in [9.17, 15) is 0 Å². The van der Waals surface area contributed by atoms with Gasteiger partial charge in [-0.15, -0.1) is 24.0 Å². The van der Waals surface area contributed by atoms with Crippen LogP contribution in [0.15, 0.2) is 23.3 Å². The largest absolute Gasteiger partial charge is 0.379 e. The van der Waals surface area contributed by atoms with Gasteiger partial charge in [-0.05, 0) is 30.7 Å². The molecule has 1 aromatic heterocycles. The molecular weight excluding hydrogens is 529 g/mol. The van der Waals surface area contributed by atoms with Gasteiger partial charge in [0, 0.05) is 71.6 Å². The van der Waals surface area contributed by atoms with Gasteiger partial charge in [0.1, 0.15) is 5.82 Å². The van der Waals surface area contributed by atoms with E-state index >= 15 is 0 Å². The minimum Gasteiger partial charge on any atom is -0.379 e. The van der Waals surface area contributed by atoms with E-state index in [0.717, 1.165) is 77.3 Å². The molecule has 0 bridgehead atoms. The van der Waals surface area contributed by atoms with Crippen LogP contribution in [0.2, 0.25) is 0 Å². The number of guanidine groups is 1. The predicted molar refractivity (Wildman–Crippen MR) is 148 cm³/mol. The van der Waals surface area contributed by atoms with Crippen molar-refractivity contribution in [3.8, 4) is 0 Å². The number of rotatable bonds is 9. The molecule has 2 fully saturated rings. The summed E-state index contributed by atoms with van der Waals surface area (Å²) in [6.07, 6.45) is 4.30. The number of anilines is 1. The molecule has 2 N–H and O–H groups in total. The third kappa shape index (κ3) is 8.52. The number of likely N-dealkylation sites (N-methyl/N-ethyl adjacent to an activating group) is 1. The third-order valence-corrected chi connectivity index (χ3v) is 6.91. The van der Waals surface area contributed by atoms with Gasteiger partial charge in [0.2, 0.25) is 0 Å². The van der Waals surface area contributed by atoms with E-state index in [1.165, 1.54) is 18.4 Å². The first-order chi connectivity index (χ1) is 15.6. The average Bonchev–Trinajstić information content (AvgIpc) is 2.84. The smallest absolute Gasteiger partial charge is 0.191 e. The molecule has 0 spiro atoms. The Labute approximate surface area is 217 Å². The number of halogens is 1. The fourth-order valence-electron chi connectivity index (χ4n) is 4.72. The number of nitrogens with zero attached hydrogens (tertiary/aromatic N) is 5. The summed E-state index contributed by atoms with van der Waals surface area (Å²) < 4.78 is 5.58. The zero-order valence-corrected chi connectivity index (χ0v) is 23.3. The molecule has 9 heteroatoms. The Bertz CT molecular complexity index is 702. The molecule has 33 heavy (non-hydrogen) atoms. The molecule has 0 saturated carbocycles. The molecule has 2 aliphatic rings. The summed E-state index contributed by atoms with van der Waals surface area (Å²) in [5.74, 6) is 2.60. The van der Waals surface area contributed by atoms with Crippen molar-refractivity contribution >= 4 is 35.8 Å². The van der Waals surface area contributed by atoms with Crippen LogP contribution in [0, 0.1) is 5.92 Å². The summed E-state index contributed by atoms with van der Waals surface area (Å²) in [4.78, 5) is 16.4. The number of piperazine rings is 1. The monoisotopic (exact) mass is 573 g/mol. The number of pyridine rings is 1. The van der Waals surface area contributed by atoms with E-state index in [4.69, 9.17) is 4.74 Å².